The van der Waals surface area contributed by atoms with Gasteiger partial charge in [-0.2, -0.15) is 0 Å². The van der Waals surface area contributed by atoms with Crippen molar-refractivity contribution in [2.24, 2.45) is 0 Å². The summed E-state index contributed by atoms with van der Waals surface area (Å²) in [6.07, 6.45) is 0. The first-order chi connectivity index (χ1) is 15.9. The summed E-state index contributed by atoms with van der Waals surface area (Å²) in [6, 6.07) is 14.8. The SMILES string of the molecule is Cc1csc2nc(COC(=O)c3ccc4c(c3)C(=O)N(Cc3ccccc3)C4=O)cc(=O)n12. The van der Waals surface area contributed by atoms with Crippen LogP contribution in [0.5, 0.6) is 0 Å². The number of hydrogen-bond donors (Lipinski definition) is 0. The zero-order valence-electron chi connectivity index (χ0n) is 17.5. The number of esters is 1. The largest absolute Gasteiger partial charge is 0.456 e. The van der Waals surface area contributed by atoms with E-state index in [1.165, 1.54) is 40.0 Å². The Hall–Kier alpha value is -4.11. The number of carbonyl (C=O) groups is 3. The summed E-state index contributed by atoms with van der Waals surface area (Å²) in [7, 11) is 0. The molecule has 0 fully saturated rings. The van der Waals surface area contributed by atoms with E-state index in [0.717, 1.165) is 16.2 Å². The van der Waals surface area contributed by atoms with Crippen LogP contribution in [0.4, 0.5) is 0 Å². The van der Waals surface area contributed by atoms with Gasteiger partial charge >= 0.3 is 5.97 Å². The third kappa shape index (κ3) is 3.72. The van der Waals surface area contributed by atoms with E-state index in [1.807, 2.05) is 42.6 Å². The molecule has 5 rings (SSSR count). The Morgan fingerprint density at radius 2 is 1.76 bits per heavy atom. The van der Waals surface area contributed by atoms with E-state index in [9.17, 15) is 19.2 Å². The molecule has 9 heteroatoms. The summed E-state index contributed by atoms with van der Waals surface area (Å²) < 4.78 is 6.80. The van der Waals surface area contributed by atoms with E-state index in [1.54, 1.807) is 0 Å². The Labute approximate surface area is 191 Å². The monoisotopic (exact) mass is 459 g/mol. The van der Waals surface area contributed by atoms with Crippen molar-refractivity contribution in [2.75, 3.05) is 0 Å². The number of imide groups is 1. The van der Waals surface area contributed by atoms with E-state index >= 15 is 0 Å². The number of aryl methyl sites for hydroxylation is 1. The Morgan fingerprint density at radius 3 is 2.55 bits per heavy atom. The lowest BCUT2D eigenvalue weighted by Gasteiger charge is -2.13. The molecule has 2 aromatic carbocycles. The highest BCUT2D eigenvalue weighted by Gasteiger charge is 2.36. The fourth-order valence-electron chi connectivity index (χ4n) is 3.72. The molecule has 8 nitrogen and oxygen atoms in total. The van der Waals surface area contributed by atoms with Gasteiger partial charge in [0, 0.05) is 17.1 Å². The topological polar surface area (TPSA) is 98.0 Å². The van der Waals surface area contributed by atoms with Crippen molar-refractivity contribution in [3.8, 4) is 0 Å². The molecule has 0 N–H and O–H groups in total. The lowest BCUT2D eigenvalue weighted by molar-refractivity contribution is 0.0467. The molecule has 0 saturated heterocycles. The van der Waals surface area contributed by atoms with Crippen LogP contribution in [0.25, 0.3) is 4.96 Å². The number of ether oxygens (including phenoxy) is 1. The van der Waals surface area contributed by atoms with Gasteiger partial charge < -0.3 is 4.74 Å². The van der Waals surface area contributed by atoms with Gasteiger partial charge in [-0.3, -0.25) is 23.7 Å². The maximum absolute atomic E-state index is 12.8. The molecule has 164 valence electrons. The molecular weight excluding hydrogens is 442 g/mol. The minimum Gasteiger partial charge on any atom is -0.456 e. The fraction of sp³-hybridized carbons (Fsp3) is 0.125. The second kappa shape index (κ2) is 8.10. The standard InChI is InChI=1S/C24H17N3O5S/c1-14-13-33-24-25-17(10-20(28)27(14)24)12-32-23(31)16-7-8-18-19(9-16)22(30)26(21(18)29)11-15-5-3-2-4-6-15/h2-10,13H,11-12H2,1H3. The average molecular weight is 459 g/mol. The highest BCUT2D eigenvalue weighted by atomic mass is 32.1. The van der Waals surface area contributed by atoms with Gasteiger partial charge in [0.2, 0.25) is 0 Å². The van der Waals surface area contributed by atoms with Crippen LogP contribution in [0.15, 0.2) is 64.8 Å². The molecule has 33 heavy (non-hydrogen) atoms. The van der Waals surface area contributed by atoms with E-state index in [2.05, 4.69) is 4.98 Å². The van der Waals surface area contributed by atoms with Gasteiger partial charge in [0.05, 0.1) is 28.9 Å². The van der Waals surface area contributed by atoms with Crippen LogP contribution < -0.4 is 5.56 Å². The van der Waals surface area contributed by atoms with Crippen LogP contribution in [0.1, 0.15) is 48.0 Å². The van der Waals surface area contributed by atoms with E-state index in [4.69, 9.17) is 4.74 Å². The van der Waals surface area contributed by atoms with Crippen LogP contribution >= 0.6 is 11.3 Å². The first kappa shape index (κ1) is 20.8. The van der Waals surface area contributed by atoms with Crippen LogP contribution in [0.3, 0.4) is 0 Å². The Morgan fingerprint density at radius 1 is 1.00 bits per heavy atom. The predicted molar refractivity (Wildman–Crippen MR) is 120 cm³/mol. The van der Waals surface area contributed by atoms with Crippen molar-refractivity contribution in [1.82, 2.24) is 14.3 Å². The van der Waals surface area contributed by atoms with Crippen molar-refractivity contribution in [3.63, 3.8) is 0 Å². The van der Waals surface area contributed by atoms with Crippen LogP contribution in [-0.2, 0) is 17.9 Å². The van der Waals surface area contributed by atoms with Gasteiger partial charge in [0.1, 0.15) is 6.61 Å². The molecule has 0 bridgehead atoms. The quantitative estimate of drug-likeness (QED) is 0.336. The summed E-state index contributed by atoms with van der Waals surface area (Å²) in [6.45, 7) is 1.78. The van der Waals surface area contributed by atoms with Gasteiger partial charge in [-0.15, -0.1) is 11.3 Å². The molecule has 2 amide bonds. The molecule has 0 saturated carbocycles. The smallest absolute Gasteiger partial charge is 0.338 e. The molecule has 2 aromatic heterocycles. The molecule has 0 unspecified atom stereocenters. The maximum atomic E-state index is 12.8. The minimum absolute atomic E-state index is 0.140. The summed E-state index contributed by atoms with van der Waals surface area (Å²) in [5.74, 6) is -1.53. The van der Waals surface area contributed by atoms with Gasteiger partial charge in [-0.05, 0) is 30.7 Å². The second-order valence-corrected chi connectivity index (χ2v) is 8.44. The Kier molecular flexibility index (Phi) is 5.10. The van der Waals surface area contributed by atoms with Crippen molar-refractivity contribution < 1.29 is 19.1 Å². The highest BCUT2D eigenvalue weighted by molar-refractivity contribution is 7.15. The Bertz CT molecular complexity index is 1490. The normalized spacial score (nSPS) is 12.9. The first-order valence-corrected chi connectivity index (χ1v) is 11.0. The van der Waals surface area contributed by atoms with Crippen molar-refractivity contribution in [2.45, 2.75) is 20.1 Å². The minimum atomic E-state index is -0.677. The molecule has 1 aliphatic heterocycles. The van der Waals surface area contributed by atoms with Crippen LogP contribution in [0.2, 0.25) is 0 Å². The van der Waals surface area contributed by atoms with Crippen molar-refractivity contribution in [1.29, 1.82) is 0 Å². The number of hydrogen-bond acceptors (Lipinski definition) is 7. The molecular formula is C24H17N3O5S. The number of fused-ring (bicyclic) bond motifs is 2. The third-order valence-electron chi connectivity index (χ3n) is 5.37. The van der Waals surface area contributed by atoms with Gasteiger partial charge in [0.25, 0.3) is 17.4 Å². The predicted octanol–water partition coefficient (Wildman–Crippen LogP) is 3.22. The lowest BCUT2D eigenvalue weighted by Crippen LogP contribution is -2.29. The zero-order chi connectivity index (χ0) is 23.1. The van der Waals surface area contributed by atoms with E-state index in [-0.39, 0.29) is 35.4 Å². The number of aromatic nitrogens is 2. The van der Waals surface area contributed by atoms with Gasteiger partial charge in [-0.25, -0.2) is 9.78 Å². The molecule has 1 aliphatic rings. The zero-order valence-corrected chi connectivity index (χ0v) is 18.3. The molecule has 0 radical (unpaired) electrons. The molecule has 4 aromatic rings. The van der Waals surface area contributed by atoms with E-state index in [0.29, 0.717) is 10.7 Å². The second-order valence-electron chi connectivity index (χ2n) is 7.60. The van der Waals surface area contributed by atoms with Crippen molar-refractivity contribution >= 4 is 34.1 Å². The first-order valence-electron chi connectivity index (χ1n) is 10.1. The van der Waals surface area contributed by atoms with Gasteiger partial charge in [-0.1, -0.05) is 30.3 Å². The lowest BCUT2D eigenvalue weighted by atomic mass is 10.1. The summed E-state index contributed by atoms with van der Waals surface area (Å²) in [5, 5.41) is 1.82. The number of thiazole rings is 1. The van der Waals surface area contributed by atoms with Crippen LogP contribution in [0, 0.1) is 6.92 Å². The fourth-order valence-corrected chi connectivity index (χ4v) is 4.62. The van der Waals surface area contributed by atoms with Crippen LogP contribution in [-0.4, -0.2) is 32.1 Å². The number of amides is 2. The summed E-state index contributed by atoms with van der Waals surface area (Å²) >= 11 is 1.32. The van der Waals surface area contributed by atoms with Crippen molar-refractivity contribution in [3.05, 3.63) is 104 Å². The van der Waals surface area contributed by atoms with E-state index < -0.39 is 17.8 Å². The number of nitrogens with zero attached hydrogens (tertiary/aromatic N) is 3. The number of carbonyl (C=O) groups excluding carboxylic acids is 3. The number of rotatable bonds is 5. The third-order valence-corrected chi connectivity index (χ3v) is 6.31. The molecule has 0 atom stereocenters. The maximum Gasteiger partial charge on any atom is 0.338 e. The van der Waals surface area contributed by atoms with Gasteiger partial charge in [0.15, 0.2) is 4.96 Å². The molecule has 0 spiro atoms. The average Bonchev–Trinajstić information content (AvgIpc) is 3.31. The molecule has 0 aliphatic carbocycles. The number of benzene rings is 2. The molecule has 3 heterocycles. The Balaban J connectivity index is 1.33. The highest BCUT2D eigenvalue weighted by Crippen LogP contribution is 2.26. The summed E-state index contributed by atoms with van der Waals surface area (Å²) in [5.41, 5.74) is 2.25. The summed E-state index contributed by atoms with van der Waals surface area (Å²) in [4.78, 5) is 56.4.